The zero-order valence-corrected chi connectivity index (χ0v) is 27.8. The van der Waals surface area contributed by atoms with Crippen LogP contribution in [0.5, 0.6) is 0 Å². The number of hydrogen-bond acceptors (Lipinski definition) is 5. The zero-order valence-electron chi connectivity index (χ0n) is 27.8. The topological polar surface area (TPSA) is 64.5 Å². The van der Waals surface area contributed by atoms with E-state index in [1.165, 1.54) is 0 Å². The maximum atomic E-state index is 5.10. The van der Waals surface area contributed by atoms with Crippen molar-refractivity contribution in [3.63, 3.8) is 0 Å². The predicted octanol–water partition coefficient (Wildman–Crippen LogP) is 10.9. The van der Waals surface area contributed by atoms with Gasteiger partial charge in [-0.1, -0.05) is 108 Å². The van der Waals surface area contributed by atoms with E-state index in [2.05, 4.69) is 127 Å². The molecule has 8 rings (SSSR count). The summed E-state index contributed by atoms with van der Waals surface area (Å²) in [5, 5.41) is 0. The Labute approximate surface area is 292 Å². The van der Waals surface area contributed by atoms with Gasteiger partial charge in [0.2, 0.25) is 0 Å². The molecule has 3 aromatic heterocycles. The summed E-state index contributed by atoms with van der Waals surface area (Å²) in [6, 6.07) is 52.3. The van der Waals surface area contributed by atoms with E-state index in [4.69, 9.17) is 15.0 Å². The Morgan fingerprint density at radius 1 is 0.300 bits per heavy atom. The molecule has 0 radical (unpaired) electrons. The normalized spacial score (nSPS) is 11.0. The third kappa shape index (κ3) is 6.58. The maximum Gasteiger partial charge on any atom is 0.164 e. The summed E-state index contributed by atoms with van der Waals surface area (Å²) >= 11 is 0. The molecule has 0 saturated carbocycles. The standard InChI is InChI=1S/C45H33N5/c1-30-9-7-11-36(25-30)43-48-44(37-12-8-10-31(2)26-37)50-45(49-43)40-28-38(32-15-19-34(20-16-32)41-13-3-5-23-46-41)27-39(29-40)33-17-21-35(22-18-33)42-14-4-6-24-47-42/h3-29H,1-2H3. The van der Waals surface area contributed by atoms with E-state index in [1.54, 1.807) is 0 Å². The SMILES string of the molecule is Cc1cccc(-c2nc(-c3cccc(C)c3)nc(-c3cc(-c4ccc(-c5ccccn5)cc4)cc(-c4ccc(-c5ccccn5)cc4)c3)n2)c1. The van der Waals surface area contributed by atoms with Gasteiger partial charge in [0, 0.05) is 40.2 Å². The molecule has 8 aromatic rings. The second-order valence-electron chi connectivity index (χ2n) is 12.4. The van der Waals surface area contributed by atoms with Crippen LogP contribution in [0.15, 0.2) is 164 Å². The largest absolute Gasteiger partial charge is 0.256 e. The summed E-state index contributed by atoms with van der Waals surface area (Å²) in [4.78, 5) is 24.3. The quantitative estimate of drug-likeness (QED) is 0.173. The average Bonchev–Trinajstić information content (AvgIpc) is 3.18. The Morgan fingerprint density at radius 3 is 1.10 bits per heavy atom. The summed E-state index contributed by atoms with van der Waals surface area (Å²) in [6.07, 6.45) is 3.64. The van der Waals surface area contributed by atoms with E-state index in [0.717, 1.165) is 72.6 Å². The molecule has 3 heterocycles. The Hall–Kier alpha value is -6.59. The molecule has 50 heavy (non-hydrogen) atoms. The predicted molar refractivity (Wildman–Crippen MR) is 203 cm³/mol. The summed E-state index contributed by atoms with van der Waals surface area (Å²) in [7, 11) is 0. The van der Waals surface area contributed by atoms with Gasteiger partial charge in [-0.3, -0.25) is 9.97 Å². The molecule has 5 heteroatoms. The van der Waals surface area contributed by atoms with Crippen LogP contribution in [0.1, 0.15) is 11.1 Å². The van der Waals surface area contributed by atoms with Crippen molar-refractivity contribution >= 4 is 0 Å². The van der Waals surface area contributed by atoms with Crippen molar-refractivity contribution in [2.24, 2.45) is 0 Å². The third-order valence-electron chi connectivity index (χ3n) is 8.74. The summed E-state index contributed by atoms with van der Waals surface area (Å²) in [5.74, 6) is 1.90. The average molecular weight is 644 g/mol. The molecule has 0 unspecified atom stereocenters. The summed E-state index contributed by atoms with van der Waals surface area (Å²) in [5.41, 5.74) is 13.4. The lowest BCUT2D eigenvalue weighted by atomic mass is 9.94. The van der Waals surface area contributed by atoms with Crippen molar-refractivity contribution in [1.29, 1.82) is 0 Å². The number of aromatic nitrogens is 5. The molecule has 0 atom stereocenters. The van der Waals surface area contributed by atoms with Crippen LogP contribution in [0.2, 0.25) is 0 Å². The zero-order chi connectivity index (χ0) is 33.9. The first-order valence-electron chi connectivity index (χ1n) is 16.7. The van der Waals surface area contributed by atoms with Gasteiger partial charge in [0.25, 0.3) is 0 Å². The molecule has 0 aliphatic carbocycles. The smallest absolute Gasteiger partial charge is 0.164 e. The molecule has 0 spiro atoms. The van der Waals surface area contributed by atoms with Crippen molar-refractivity contribution < 1.29 is 0 Å². The van der Waals surface area contributed by atoms with Crippen molar-refractivity contribution in [2.45, 2.75) is 13.8 Å². The van der Waals surface area contributed by atoms with Crippen LogP contribution < -0.4 is 0 Å². The fourth-order valence-corrected chi connectivity index (χ4v) is 6.16. The van der Waals surface area contributed by atoms with Gasteiger partial charge >= 0.3 is 0 Å². The Bertz CT molecular complexity index is 2260. The Kier molecular flexibility index (Phi) is 8.29. The van der Waals surface area contributed by atoms with Crippen LogP contribution in [0.3, 0.4) is 0 Å². The molecule has 0 aliphatic heterocycles. The van der Waals surface area contributed by atoms with Crippen molar-refractivity contribution in [3.05, 3.63) is 175 Å². The van der Waals surface area contributed by atoms with E-state index in [-0.39, 0.29) is 0 Å². The molecule has 0 fully saturated rings. The highest BCUT2D eigenvalue weighted by Crippen LogP contribution is 2.35. The van der Waals surface area contributed by atoms with Crippen LogP contribution in [-0.2, 0) is 0 Å². The van der Waals surface area contributed by atoms with Crippen molar-refractivity contribution in [1.82, 2.24) is 24.9 Å². The van der Waals surface area contributed by atoms with E-state index < -0.39 is 0 Å². The van der Waals surface area contributed by atoms with Crippen LogP contribution in [0.25, 0.3) is 78.9 Å². The molecule has 0 bridgehead atoms. The van der Waals surface area contributed by atoms with Gasteiger partial charge in [-0.25, -0.2) is 15.0 Å². The molecule has 0 aliphatic rings. The third-order valence-corrected chi connectivity index (χ3v) is 8.74. The molecule has 5 aromatic carbocycles. The number of aryl methyl sites for hydroxylation is 2. The van der Waals surface area contributed by atoms with Gasteiger partial charge in [0.15, 0.2) is 17.5 Å². The lowest BCUT2D eigenvalue weighted by Gasteiger charge is -2.13. The van der Waals surface area contributed by atoms with Crippen molar-refractivity contribution in [3.8, 4) is 78.9 Å². The van der Waals surface area contributed by atoms with Gasteiger partial charge in [-0.2, -0.15) is 0 Å². The lowest BCUT2D eigenvalue weighted by molar-refractivity contribution is 1.07. The summed E-state index contributed by atoms with van der Waals surface area (Å²) < 4.78 is 0. The minimum Gasteiger partial charge on any atom is -0.256 e. The molecule has 5 nitrogen and oxygen atoms in total. The van der Waals surface area contributed by atoms with Gasteiger partial charge in [0.05, 0.1) is 11.4 Å². The molecular formula is C45H33N5. The Balaban J connectivity index is 1.29. The second-order valence-corrected chi connectivity index (χ2v) is 12.4. The molecule has 0 N–H and O–H groups in total. The van der Waals surface area contributed by atoms with Gasteiger partial charge in [0.1, 0.15) is 0 Å². The van der Waals surface area contributed by atoms with E-state index >= 15 is 0 Å². The van der Waals surface area contributed by atoms with E-state index in [0.29, 0.717) is 17.5 Å². The fourth-order valence-electron chi connectivity index (χ4n) is 6.16. The number of benzene rings is 5. The maximum absolute atomic E-state index is 5.10. The second kappa shape index (κ2) is 13.5. The first kappa shape index (κ1) is 30.7. The minimum atomic E-state index is 0.617. The van der Waals surface area contributed by atoms with Crippen LogP contribution in [-0.4, -0.2) is 24.9 Å². The number of nitrogens with zero attached hydrogens (tertiary/aromatic N) is 5. The number of hydrogen-bond donors (Lipinski definition) is 0. The first-order chi connectivity index (χ1) is 24.6. The number of pyridine rings is 2. The number of rotatable bonds is 7. The molecular weight excluding hydrogens is 611 g/mol. The fraction of sp³-hybridized carbons (Fsp3) is 0.0444. The molecule has 238 valence electrons. The highest BCUT2D eigenvalue weighted by molar-refractivity contribution is 5.82. The van der Waals surface area contributed by atoms with Crippen LogP contribution >= 0.6 is 0 Å². The van der Waals surface area contributed by atoms with Crippen LogP contribution in [0, 0.1) is 13.8 Å². The first-order valence-corrected chi connectivity index (χ1v) is 16.7. The monoisotopic (exact) mass is 643 g/mol. The van der Waals surface area contributed by atoms with Crippen molar-refractivity contribution in [2.75, 3.05) is 0 Å². The van der Waals surface area contributed by atoms with E-state index in [9.17, 15) is 0 Å². The highest BCUT2D eigenvalue weighted by Gasteiger charge is 2.16. The lowest BCUT2D eigenvalue weighted by Crippen LogP contribution is -2.01. The summed E-state index contributed by atoms with van der Waals surface area (Å²) in [6.45, 7) is 4.17. The highest BCUT2D eigenvalue weighted by atomic mass is 15.0. The van der Waals surface area contributed by atoms with Crippen LogP contribution in [0.4, 0.5) is 0 Å². The van der Waals surface area contributed by atoms with E-state index in [1.807, 2.05) is 60.9 Å². The molecule has 0 saturated heterocycles. The Morgan fingerprint density at radius 2 is 0.700 bits per heavy atom. The minimum absolute atomic E-state index is 0.617. The molecule has 0 amide bonds. The van der Waals surface area contributed by atoms with Gasteiger partial charge in [-0.15, -0.1) is 0 Å². The van der Waals surface area contributed by atoms with Gasteiger partial charge < -0.3 is 0 Å². The van der Waals surface area contributed by atoms with Gasteiger partial charge in [-0.05, 0) is 90.7 Å².